The van der Waals surface area contributed by atoms with E-state index in [0.717, 1.165) is 33.5 Å². The zero-order valence-electron chi connectivity index (χ0n) is 13.3. The largest absolute Gasteiger partial charge is 0.497 e. The number of ether oxygens (including phenoxy) is 1. The van der Waals surface area contributed by atoms with Crippen molar-refractivity contribution < 1.29 is 9.53 Å². The number of H-pyrrole nitrogens is 1. The maximum Gasteiger partial charge on any atom is 0.264 e. The van der Waals surface area contributed by atoms with Crippen molar-refractivity contribution in [1.82, 2.24) is 10.3 Å². The van der Waals surface area contributed by atoms with Gasteiger partial charge in [0.25, 0.3) is 5.91 Å². The summed E-state index contributed by atoms with van der Waals surface area (Å²) in [5.41, 5.74) is 3.66. The minimum absolute atomic E-state index is 0.162. The summed E-state index contributed by atoms with van der Waals surface area (Å²) in [4.78, 5) is 16.4. The smallest absolute Gasteiger partial charge is 0.264 e. The van der Waals surface area contributed by atoms with E-state index in [2.05, 4.69) is 10.3 Å². The summed E-state index contributed by atoms with van der Waals surface area (Å²) in [6, 6.07) is 17.7. The van der Waals surface area contributed by atoms with E-state index in [0.29, 0.717) is 9.23 Å². The number of fused-ring (bicyclic) bond motifs is 1. The highest BCUT2D eigenvalue weighted by Gasteiger charge is 2.28. The van der Waals surface area contributed by atoms with E-state index in [4.69, 9.17) is 17.0 Å². The highest BCUT2D eigenvalue weighted by molar-refractivity contribution is 8.26. The normalized spacial score (nSPS) is 16.2. The molecule has 0 saturated carbocycles. The Kier molecular flexibility index (Phi) is 4.07. The fourth-order valence-electron chi connectivity index (χ4n) is 2.86. The van der Waals surface area contributed by atoms with Crippen molar-refractivity contribution in [3.63, 3.8) is 0 Å². The number of aromatic nitrogens is 1. The molecule has 0 atom stereocenters. The molecular formula is C19H14N2O2S2. The van der Waals surface area contributed by atoms with Gasteiger partial charge in [-0.2, -0.15) is 0 Å². The van der Waals surface area contributed by atoms with E-state index in [1.165, 1.54) is 11.8 Å². The highest BCUT2D eigenvalue weighted by atomic mass is 32.2. The van der Waals surface area contributed by atoms with E-state index >= 15 is 0 Å². The molecule has 1 fully saturated rings. The number of nitrogens with one attached hydrogen (secondary N) is 2. The number of carbonyl (C=O) groups excluding carboxylic acids is 1. The Bertz CT molecular complexity index is 1020. The molecule has 2 aromatic carbocycles. The minimum Gasteiger partial charge on any atom is -0.497 e. The van der Waals surface area contributed by atoms with Crippen molar-refractivity contribution in [3.05, 3.63) is 70.8 Å². The molecule has 1 aliphatic heterocycles. The lowest BCUT2D eigenvalue weighted by molar-refractivity contribution is -0.115. The van der Waals surface area contributed by atoms with Crippen LogP contribution < -0.4 is 10.1 Å². The molecule has 1 saturated heterocycles. The van der Waals surface area contributed by atoms with Gasteiger partial charge in [0, 0.05) is 22.2 Å². The Morgan fingerprint density at radius 1 is 1.12 bits per heavy atom. The number of thioether (sulfide) groups is 1. The van der Waals surface area contributed by atoms with Gasteiger partial charge in [0.05, 0.1) is 12.0 Å². The van der Waals surface area contributed by atoms with Crippen LogP contribution in [0.2, 0.25) is 0 Å². The second kappa shape index (κ2) is 6.38. The van der Waals surface area contributed by atoms with Crippen LogP contribution in [0.3, 0.4) is 0 Å². The number of aromatic amines is 1. The van der Waals surface area contributed by atoms with Crippen molar-refractivity contribution in [1.29, 1.82) is 0 Å². The maximum atomic E-state index is 12.4. The SMILES string of the molecule is COc1ccc2[nH]c(C(=C3SC(=S)NC3=O)c3ccccc3)cc2c1. The Balaban J connectivity index is 1.94. The van der Waals surface area contributed by atoms with Crippen LogP contribution in [0.25, 0.3) is 16.5 Å². The van der Waals surface area contributed by atoms with Gasteiger partial charge in [-0.05, 0) is 29.8 Å². The zero-order chi connectivity index (χ0) is 17.4. The molecule has 0 radical (unpaired) electrons. The summed E-state index contributed by atoms with van der Waals surface area (Å²) in [5, 5.41) is 3.73. The summed E-state index contributed by atoms with van der Waals surface area (Å²) < 4.78 is 5.77. The van der Waals surface area contributed by atoms with Crippen LogP contribution in [-0.4, -0.2) is 22.3 Å². The molecule has 1 amide bonds. The molecule has 2 N–H and O–H groups in total. The first kappa shape index (κ1) is 15.9. The highest BCUT2D eigenvalue weighted by Crippen LogP contribution is 2.37. The number of hydrogen-bond donors (Lipinski definition) is 2. The van der Waals surface area contributed by atoms with Gasteiger partial charge in [0.2, 0.25) is 0 Å². The van der Waals surface area contributed by atoms with Crippen molar-refractivity contribution in [2.75, 3.05) is 7.11 Å². The first-order chi connectivity index (χ1) is 12.2. The van der Waals surface area contributed by atoms with Gasteiger partial charge in [-0.25, -0.2) is 0 Å². The molecule has 4 nitrogen and oxygen atoms in total. The fraction of sp³-hybridized carbons (Fsp3) is 0.0526. The molecule has 3 aromatic rings. The van der Waals surface area contributed by atoms with Crippen molar-refractivity contribution in [2.45, 2.75) is 0 Å². The molecule has 124 valence electrons. The summed E-state index contributed by atoms with van der Waals surface area (Å²) in [6.07, 6.45) is 0. The van der Waals surface area contributed by atoms with Crippen molar-refractivity contribution in [3.8, 4) is 5.75 Å². The Morgan fingerprint density at radius 2 is 1.92 bits per heavy atom. The molecule has 25 heavy (non-hydrogen) atoms. The van der Waals surface area contributed by atoms with Crippen LogP contribution in [0, 0.1) is 0 Å². The molecule has 0 aliphatic carbocycles. The van der Waals surface area contributed by atoms with Crippen LogP contribution in [-0.2, 0) is 4.79 Å². The number of carbonyl (C=O) groups is 1. The number of benzene rings is 2. The maximum absolute atomic E-state index is 12.4. The second-order valence-corrected chi connectivity index (χ2v) is 7.24. The van der Waals surface area contributed by atoms with E-state index in [1.54, 1.807) is 7.11 Å². The average molecular weight is 366 g/mol. The molecule has 4 rings (SSSR count). The van der Waals surface area contributed by atoms with Gasteiger partial charge in [0.1, 0.15) is 10.1 Å². The van der Waals surface area contributed by atoms with Crippen LogP contribution in [0.15, 0.2) is 59.5 Å². The van der Waals surface area contributed by atoms with Gasteiger partial charge >= 0.3 is 0 Å². The number of thiocarbonyl (C=S) groups is 1. The molecule has 6 heteroatoms. The lowest BCUT2D eigenvalue weighted by Gasteiger charge is -2.08. The predicted octanol–water partition coefficient (Wildman–Crippen LogP) is 4.08. The number of rotatable bonds is 3. The quantitative estimate of drug-likeness (QED) is 0.542. The van der Waals surface area contributed by atoms with Crippen LogP contribution in [0.4, 0.5) is 0 Å². The van der Waals surface area contributed by atoms with Gasteiger partial charge in [-0.1, -0.05) is 54.3 Å². The van der Waals surface area contributed by atoms with E-state index in [-0.39, 0.29) is 5.91 Å². The fourth-order valence-corrected chi connectivity index (χ4v) is 4.01. The molecule has 1 aromatic heterocycles. The average Bonchev–Trinajstić information content (AvgIpc) is 3.18. The van der Waals surface area contributed by atoms with E-state index in [1.807, 2.05) is 54.6 Å². The summed E-state index contributed by atoms with van der Waals surface area (Å²) >= 11 is 6.45. The lowest BCUT2D eigenvalue weighted by atomic mass is 10.0. The van der Waals surface area contributed by atoms with Gasteiger partial charge in [-0.15, -0.1) is 0 Å². The number of methoxy groups -OCH3 is 1. The topological polar surface area (TPSA) is 54.1 Å². The molecule has 2 heterocycles. The minimum atomic E-state index is -0.162. The van der Waals surface area contributed by atoms with Gasteiger partial charge in [-0.3, -0.25) is 4.79 Å². The molecule has 0 unspecified atom stereocenters. The number of amides is 1. The first-order valence-corrected chi connectivity index (χ1v) is 8.88. The Hall–Kier alpha value is -2.57. The van der Waals surface area contributed by atoms with Crippen LogP contribution in [0.1, 0.15) is 11.3 Å². The Morgan fingerprint density at radius 3 is 2.60 bits per heavy atom. The third-order valence-corrected chi connectivity index (χ3v) is 5.24. The van der Waals surface area contributed by atoms with E-state index < -0.39 is 0 Å². The summed E-state index contributed by atoms with van der Waals surface area (Å²) in [7, 11) is 1.65. The Labute approximate surface area is 154 Å². The lowest BCUT2D eigenvalue weighted by Crippen LogP contribution is -2.18. The third-order valence-electron chi connectivity index (χ3n) is 4.00. The summed E-state index contributed by atoms with van der Waals surface area (Å²) in [5.74, 6) is 0.631. The van der Waals surface area contributed by atoms with Crippen LogP contribution >= 0.6 is 24.0 Å². The zero-order valence-corrected chi connectivity index (χ0v) is 15.0. The molecule has 0 bridgehead atoms. The van der Waals surface area contributed by atoms with Crippen molar-refractivity contribution in [2.24, 2.45) is 0 Å². The summed E-state index contributed by atoms with van der Waals surface area (Å²) in [6.45, 7) is 0. The second-order valence-electron chi connectivity index (χ2n) is 5.55. The number of hydrogen-bond acceptors (Lipinski definition) is 4. The third kappa shape index (κ3) is 2.94. The molecular weight excluding hydrogens is 352 g/mol. The monoisotopic (exact) mass is 366 g/mol. The first-order valence-electron chi connectivity index (χ1n) is 7.65. The van der Waals surface area contributed by atoms with Gasteiger partial charge in [0.15, 0.2) is 0 Å². The predicted molar refractivity (Wildman–Crippen MR) is 106 cm³/mol. The van der Waals surface area contributed by atoms with Crippen molar-refractivity contribution >= 4 is 50.7 Å². The van der Waals surface area contributed by atoms with E-state index in [9.17, 15) is 4.79 Å². The standard InChI is InChI=1S/C19H14N2O2S2/c1-23-13-7-8-14-12(9-13)10-15(20-14)16(11-5-3-2-4-6-11)17-18(22)21-19(24)25-17/h2-10,20H,1H3,(H,21,22,24). The van der Waals surface area contributed by atoms with Crippen LogP contribution in [0.5, 0.6) is 5.75 Å². The molecule has 0 spiro atoms. The molecule has 1 aliphatic rings. The van der Waals surface area contributed by atoms with Gasteiger partial charge < -0.3 is 15.0 Å².